The summed E-state index contributed by atoms with van der Waals surface area (Å²) in [4.78, 5) is 24.8. The predicted molar refractivity (Wildman–Crippen MR) is 112 cm³/mol. The van der Waals surface area contributed by atoms with Gasteiger partial charge in [0.15, 0.2) is 11.5 Å². The predicted octanol–water partition coefficient (Wildman–Crippen LogP) is 2.90. The maximum Gasteiger partial charge on any atom is 0.269 e. The van der Waals surface area contributed by atoms with Crippen LogP contribution in [-0.2, 0) is 11.2 Å². The summed E-state index contributed by atoms with van der Waals surface area (Å²) in [6.45, 7) is 6.74. The summed E-state index contributed by atoms with van der Waals surface area (Å²) in [7, 11) is 1.56. The lowest BCUT2D eigenvalue weighted by atomic mass is 10.1. The Bertz CT molecular complexity index is 841. The average molecular weight is 416 g/mol. The van der Waals surface area contributed by atoms with Crippen LogP contribution in [0.1, 0.15) is 36.7 Å². The van der Waals surface area contributed by atoms with Crippen LogP contribution in [0.4, 0.5) is 0 Å². The number of hydrogen-bond donors (Lipinski definition) is 2. The van der Waals surface area contributed by atoms with E-state index in [1.54, 1.807) is 43.5 Å². The molecule has 2 aromatic carbocycles. The first kappa shape index (κ1) is 22.9. The van der Waals surface area contributed by atoms with Crippen LogP contribution in [-0.4, -0.2) is 38.7 Å². The maximum absolute atomic E-state index is 12.6. The number of carbonyl (C=O) groups is 2. The van der Waals surface area contributed by atoms with E-state index in [0.29, 0.717) is 42.8 Å². The number of rotatable bonds is 10. The molecule has 0 unspecified atom stereocenters. The van der Waals surface area contributed by atoms with E-state index in [2.05, 4.69) is 10.9 Å². The summed E-state index contributed by atoms with van der Waals surface area (Å²) in [6, 6.07) is 10.3. The Kier molecular flexibility index (Phi) is 8.80. The molecule has 0 atom stereocenters. The van der Waals surface area contributed by atoms with E-state index >= 15 is 0 Å². The molecule has 0 saturated heterocycles. The number of ether oxygens (including phenoxy) is 4. The van der Waals surface area contributed by atoms with Gasteiger partial charge in [-0.2, -0.15) is 0 Å². The Morgan fingerprint density at radius 3 is 2.07 bits per heavy atom. The quantitative estimate of drug-likeness (QED) is 0.579. The smallest absolute Gasteiger partial charge is 0.269 e. The van der Waals surface area contributed by atoms with Gasteiger partial charge in [-0.15, -0.1) is 0 Å². The molecule has 0 heterocycles. The molecule has 8 heteroatoms. The molecule has 8 nitrogen and oxygen atoms in total. The largest absolute Gasteiger partial charge is 0.497 e. The Morgan fingerprint density at radius 1 is 0.867 bits per heavy atom. The van der Waals surface area contributed by atoms with Crippen molar-refractivity contribution in [3.05, 3.63) is 47.5 Å². The summed E-state index contributed by atoms with van der Waals surface area (Å²) in [6.07, 6.45) is 0.0924. The lowest BCUT2D eigenvalue weighted by Gasteiger charge is -2.17. The fourth-order valence-electron chi connectivity index (χ4n) is 2.73. The highest BCUT2D eigenvalue weighted by Crippen LogP contribution is 2.39. The summed E-state index contributed by atoms with van der Waals surface area (Å²) < 4.78 is 22.0. The third-order valence-corrected chi connectivity index (χ3v) is 3.99. The zero-order valence-corrected chi connectivity index (χ0v) is 17.7. The van der Waals surface area contributed by atoms with E-state index in [1.165, 1.54) is 0 Å². The van der Waals surface area contributed by atoms with Gasteiger partial charge >= 0.3 is 0 Å². The van der Waals surface area contributed by atoms with Crippen molar-refractivity contribution in [2.75, 3.05) is 26.9 Å². The lowest BCUT2D eigenvalue weighted by Crippen LogP contribution is -2.42. The Balaban J connectivity index is 2.10. The molecule has 2 aromatic rings. The van der Waals surface area contributed by atoms with E-state index in [-0.39, 0.29) is 17.9 Å². The minimum Gasteiger partial charge on any atom is -0.497 e. The highest BCUT2D eigenvalue weighted by Gasteiger charge is 2.18. The van der Waals surface area contributed by atoms with Crippen LogP contribution < -0.4 is 29.8 Å². The maximum atomic E-state index is 12.6. The van der Waals surface area contributed by atoms with Crippen LogP contribution in [0.3, 0.4) is 0 Å². The second-order valence-electron chi connectivity index (χ2n) is 6.13. The SMILES string of the molecule is CCOc1cc(C(=O)NNC(=O)Cc2cccc(OC)c2)cc(OCC)c1OCC. The molecule has 0 saturated carbocycles. The van der Waals surface area contributed by atoms with Crippen molar-refractivity contribution in [2.24, 2.45) is 0 Å². The Morgan fingerprint density at radius 2 is 1.50 bits per heavy atom. The standard InChI is InChI=1S/C22H28N2O6/c1-5-28-18-13-16(14-19(29-6-2)21(18)30-7-3)22(26)24-23-20(25)12-15-9-8-10-17(11-15)27-4/h8-11,13-14H,5-7,12H2,1-4H3,(H,23,25)(H,24,26). The van der Waals surface area contributed by atoms with E-state index in [0.717, 1.165) is 5.56 Å². The molecule has 0 aliphatic heterocycles. The first-order chi connectivity index (χ1) is 14.5. The second-order valence-corrected chi connectivity index (χ2v) is 6.13. The number of hydrazine groups is 1. The first-order valence-electron chi connectivity index (χ1n) is 9.80. The topological polar surface area (TPSA) is 95.1 Å². The van der Waals surface area contributed by atoms with Crippen molar-refractivity contribution in [2.45, 2.75) is 27.2 Å². The van der Waals surface area contributed by atoms with Crippen LogP contribution in [0.15, 0.2) is 36.4 Å². The van der Waals surface area contributed by atoms with Crippen LogP contribution in [0, 0.1) is 0 Å². The molecule has 0 spiro atoms. The van der Waals surface area contributed by atoms with E-state index in [9.17, 15) is 9.59 Å². The molecule has 0 radical (unpaired) electrons. The molecule has 2 rings (SSSR count). The molecule has 0 fully saturated rings. The van der Waals surface area contributed by atoms with Gasteiger partial charge in [-0.05, 0) is 50.6 Å². The molecule has 0 aromatic heterocycles. The Labute approximate surface area is 176 Å². The summed E-state index contributed by atoms with van der Waals surface area (Å²) in [5.74, 6) is 1.04. The van der Waals surface area contributed by atoms with Crippen molar-refractivity contribution in [3.63, 3.8) is 0 Å². The zero-order valence-electron chi connectivity index (χ0n) is 17.7. The number of amides is 2. The summed E-state index contributed by atoms with van der Waals surface area (Å²) in [5, 5.41) is 0. The molecule has 30 heavy (non-hydrogen) atoms. The molecule has 2 N–H and O–H groups in total. The molecule has 0 aliphatic carbocycles. The monoisotopic (exact) mass is 416 g/mol. The summed E-state index contributed by atoms with van der Waals surface area (Å²) >= 11 is 0. The van der Waals surface area contributed by atoms with Gasteiger partial charge in [0, 0.05) is 5.56 Å². The molecule has 162 valence electrons. The molecule has 0 bridgehead atoms. The lowest BCUT2D eigenvalue weighted by molar-refractivity contribution is -0.121. The van der Waals surface area contributed by atoms with Gasteiger partial charge in [0.2, 0.25) is 11.7 Å². The third-order valence-electron chi connectivity index (χ3n) is 3.99. The van der Waals surface area contributed by atoms with E-state index in [1.807, 2.05) is 20.8 Å². The third kappa shape index (κ3) is 6.30. The van der Waals surface area contributed by atoms with Crippen LogP contribution in [0.2, 0.25) is 0 Å². The number of hydrogen-bond acceptors (Lipinski definition) is 6. The van der Waals surface area contributed by atoms with Gasteiger partial charge in [-0.3, -0.25) is 20.4 Å². The van der Waals surface area contributed by atoms with Crippen LogP contribution in [0.25, 0.3) is 0 Å². The van der Waals surface area contributed by atoms with Crippen molar-refractivity contribution in [1.29, 1.82) is 0 Å². The van der Waals surface area contributed by atoms with Crippen molar-refractivity contribution in [1.82, 2.24) is 10.9 Å². The number of carbonyl (C=O) groups excluding carboxylic acids is 2. The summed E-state index contributed by atoms with van der Waals surface area (Å²) in [5.41, 5.74) is 5.87. The zero-order chi connectivity index (χ0) is 21.9. The molecular formula is C22H28N2O6. The second kappa shape index (κ2) is 11.5. The van der Waals surface area contributed by atoms with Gasteiger partial charge in [-0.1, -0.05) is 12.1 Å². The van der Waals surface area contributed by atoms with Crippen molar-refractivity contribution < 1.29 is 28.5 Å². The van der Waals surface area contributed by atoms with Gasteiger partial charge in [0.25, 0.3) is 5.91 Å². The molecule has 0 aliphatic rings. The van der Waals surface area contributed by atoms with Gasteiger partial charge in [-0.25, -0.2) is 0 Å². The van der Waals surface area contributed by atoms with Gasteiger partial charge < -0.3 is 18.9 Å². The fraction of sp³-hybridized carbons (Fsp3) is 0.364. The Hall–Kier alpha value is -3.42. The highest BCUT2D eigenvalue weighted by molar-refractivity contribution is 5.96. The van der Waals surface area contributed by atoms with Crippen LogP contribution >= 0.6 is 0 Å². The average Bonchev–Trinajstić information content (AvgIpc) is 2.74. The van der Waals surface area contributed by atoms with Gasteiger partial charge in [0.1, 0.15) is 5.75 Å². The van der Waals surface area contributed by atoms with Crippen molar-refractivity contribution >= 4 is 11.8 Å². The minimum absolute atomic E-state index is 0.0924. The number of nitrogens with one attached hydrogen (secondary N) is 2. The van der Waals surface area contributed by atoms with Crippen LogP contribution in [0.5, 0.6) is 23.0 Å². The first-order valence-corrected chi connectivity index (χ1v) is 9.80. The van der Waals surface area contributed by atoms with E-state index < -0.39 is 5.91 Å². The number of methoxy groups -OCH3 is 1. The molecular weight excluding hydrogens is 388 g/mol. The normalized spacial score (nSPS) is 10.1. The van der Waals surface area contributed by atoms with Crippen molar-refractivity contribution in [3.8, 4) is 23.0 Å². The van der Waals surface area contributed by atoms with E-state index in [4.69, 9.17) is 18.9 Å². The highest BCUT2D eigenvalue weighted by atomic mass is 16.5. The number of benzene rings is 2. The van der Waals surface area contributed by atoms with Gasteiger partial charge in [0.05, 0.1) is 33.4 Å². The fourth-order valence-corrected chi connectivity index (χ4v) is 2.73. The minimum atomic E-state index is -0.501. The molecule has 2 amide bonds.